The van der Waals surface area contributed by atoms with E-state index in [0.717, 1.165) is 4.47 Å². The number of benzene rings is 2. The smallest absolute Gasteiger partial charge is 0.0589 e. The maximum atomic E-state index is 3.60. The highest BCUT2D eigenvalue weighted by molar-refractivity contribution is 9.10. The minimum atomic E-state index is 0.224. The maximum absolute atomic E-state index is 3.60. The standard InChI is InChI=1S/C17H16BrNS/c1-11-7-12(9-13(18)8-11)17(19-2)15-10-20-16-6-4-3-5-14(15)16/h3-10,17,19H,1-2H3. The van der Waals surface area contributed by atoms with E-state index < -0.39 is 0 Å². The van der Waals surface area contributed by atoms with Crippen molar-refractivity contribution < 1.29 is 0 Å². The van der Waals surface area contributed by atoms with Crippen molar-refractivity contribution in [2.45, 2.75) is 13.0 Å². The molecule has 0 fully saturated rings. The molecule has 0 aliphatic rings. The molecule has 0 spiro atoms. The summed E-state index contributed by atoms with van der Waals surface area (Å²) < 4.78 is 2.47. The number of hydrogen-bond acceptors (Lipinski definition) is 2. The Kier molecular flexibility index (Phi) is 3.92. The van der Waals surface area contributed by atoms with Crippen molar-refractivity contribution >= 4 is 37.4 Å². The maximum Gasteiger partial charge on any atom is 0.0589 e. The van der Waals surface area contributed by atoms with Crippen LogP contribution in [0.15, 0.2) is 52.3 Å². The van der Waals surface area contributed by atoms with E-state index in [1.165, 1.54) is 26.8 Å². The largest absolute Gasteiger partial charge is 0.309 e. The molecule has 1 N–H and O–H groups in total. The van der Waals surface area contributed by atoms with Gasteiger partial charge in [-0.1, -0.05) is 40.2 Å². The first-order valence-corrected chi connectivity index (χ1v) is 8.27. The molecule has 0 bridgehead atoms. The lowest BCUT2D eigenvalue weighted by Crippen LogP contribution is -2.17. The predicted octanol–water partition coefficient (Wildman–Crippen LogP) is 5.28. The molecule has 1 heterocycles. The molecule has 0 amide bonds. The molecule has 0 aliphatic heterocycles. The van der Waals surface area contributed by atoms with Gasteiger partial charge < -0.3 is 5.32 Å². The molecule has 102 valence electrons. The van der Waals surface area contributed by atoms with E-state index in [1.54, 1.807) is 0 Å². The highest BCUT2D eigenvalue weighted by atomic mass is 79.9. The van der Waals surface area contributed by atoms with Crippen molar-refractivity contribution in [2.75, 3.05) is 7.05 Å². The van der Waals surface area contributed by atoms with Crippen molar-refractivity contribution in [1.82, 2.24) is 5.32 Å². The van der Waals surface area contributed by atoms with Crippen molar-refractivity contribution in [2.24, 2.45) is 0 Å². The fourth-order valence-corrected chi connectivity index (χ4v) is 4.27. The van der Waals surface area contributed by atoms with Crippen LogP contribution in [0, 0.1) is 6.92 Å². The second-order valence-electron chi connectivity index (χ2n) is 4.97. The van der Waals surface area contributed by atoms with E-state index in [9.17, 15) is 0 Å². The van der Waals surface area contributed by atoms with Crippen LogP contribution in [0.25, 0.3) is 10.1 Å². The van der Waals surface area contributed by atoms with Gasteiger partial charge in [0.05, 0.1) is 6.04 Å². The van der Waals surface area contributed by atoms with Gasteiger partial charge in [0.25, 0.3) is 0 Å². The highest BCUT2D eigenvalue weighted by Crippen LogP contribution is 2.34. The SMILES string of the molecule is CNC(c1cc(C)cc(Br)c1)c1csc2ccccc12. The van der Waals surface area contributed by atoms with E-state index in [-0.39, 0.29) is 6.04 Å². The summed E-state index contributed by atoms with van der Waals surface area (Å²) in [6.45, 7) is 2.13. The number of nitrogens with one attached hydrogen (secondary N) is 1. The molecule has 0 radical (unpaired) electrons. The minimum absolute atomic E-state index is 0.224. The molecule has 0 saturated carbocycles. The first-order valence-electron chi connectivity index (χ1n) is 6.59. The van der Waals surface area contributed by atoms with Crippen molar-refractivity contribution in [3.63, 3.8) is 0 Å². The average molecular weight is 346 g/mol. The van der Waals surface area contributed by atoms with Crippen LogP contribution in [0.3, 0.4) is 0 Å². The summed E-state index contributed by atoms with van der Waals surface area (Å²) in [6, 6.07) is 15.4. The first kappa shape index (κ1) is 13.8. The Balaban J connectivity index is 2.14. The molecule has 1 unspecified atom stereocenters. The summed E-state index contributed by atoms with van der Waals surface area (Å²) in [4.78, 5) is 0. The summed E-state index contributed by atoms with van der Waals surface area (Å²) in [5.41, 5.74) is 3.92. The lowest BCUT2D eigenvalue weighted by Gasteiger charge is -2.17. The Morgan fingerprint density at radius 2 is 1.95 bits per heavy atom. The van der Waals surface area contributed by atoms with E-state index in [1.807, 2.05) is 18.4 Å². The third kappa shape index (κ3) is 2.53. The minimum Gasteiger partial charge on any atom is -0.309 e. The number of halogens is 1. The molecule has 0 saturated heterocycles. The van der Waals surface area contributed by atoms with E-state index in [2.05, 4.69) is 76.0 Å². The molecule has 3 aromatic rings. The fraction of sp³-hybridized carbons (Fsp3) is 0.176. The third-order valence-electron chi connectivity index (χ3n) is 3.51. The van der Waals surface area contributed by atoms with E-state index >= 15 is 0 Å². The number of hydrogen-bond donors (Lipinski definition) is 1. The monoisotopic (exact) mass is 345 g/mol. The van der Waals surface area contributed by atoms with Crippen LogP contribution < -0.4 is 5.32 Å². The van der Waals surface area contributed by atoms with Gasteiger partial charge in [0.2, 0.25) is 0 Å². The van der Waals surface area contributed by atoms with Crippen LogP contribution in [-0.4, -0.2) is 7.05 Å². The first-order chi connectivity index (χ1) is 9.69. The van der Waals surface area contributed by atoms with Gasteiger partial charge in [0, 0.05) is 9.17 Å². The Morgan fingerprint density at radius 1 is 1.15 bits per heavy atom. The zero-order chi connectivity index (χ0) is 14.1. The Hall–Kier alpha value is -1.16. The van der Waals surface area contributed by atoms with Gasteiger partial charge in [0.1, 0.15) is 0 Å². The summed E-state index contributed by atoms with van der Waals surface area (Å²) in [5, 5.41) is 7.06. The van der Waals surface area contributed by atoms with Gasteiger partial charge in [-0.2, -0.15) is 0 Å². The number of aryl methyl sites for hydroxylation is 1. The molecule has 2 aromatic carbocycles. The number of thiophene rings is 1. The third-order valence-corrected chi connectivity index (χ3v) is 4.95. The summed E-state index contributed by atoms with van der Waals surface area (Å²) in [7, 11) is 2.02. The van der Waals surface area contributed by atoms with Gasteiger partial charge in [-0.3, -0.25) is 0 Å². The Labute approximate surface area is 131 Å². The fourth-order valence-electron chi connectivity index (χ4n) is 2.65. The van der Waals surface area contributed by atoms with Crippen molar-refractivity contribution in [3.8, 4) is 0 Å². The lowest BCUT2D eigenvalue weighted by molar-refractivity contribution is 0.698. The zero-order valence-corrected chi connectivity index (χ0v) is 13.9. The van der Waals surface area contributed by atoms with Gasteiger partial charge in [0.15, 0.2) is 0 Å². The molecule has 3 rings (SSSR count). The van der Waals surface area contributed by atoms with Crippen LogP contribution in [0.1, 0.15) is 22.7 Å². The highest BCUT2D eigenvalue weighted by Gasteiger charge is 2.16. The zero-order valence-electron chi connectivity index (χ0n) is 11.5. The summed E-state index contributed by atoms with van der Waals surface area (Å²) >= 11 is 5.41. The molecule has 1 atom stereocenters. The summed E-state index contributed by atoms with van der Waals surface area (Å²) in [6.07, 6.45) is 0. The molecule has 20 heavy (non-hydrogen) atoms. The molecular formula is C17H16BrNS. The van der Waals surface area contributed by atoms with Crippen LogP contribution in [-0.2, 0) is 0 Å². The van der Waals surface area contributed by atoms with Crippen molar-refractivity contribution in [1.29, 1.82) is 0 Å². The van der Waals surface area contributed by atoms with Gasteiger partial charge >= 0.3 is 0 Å². The van der Waals surface area contributed by atoms with Gasteiger partial charge in [-0.15, -0.1) is 11.3 Å². The Morgan fingerprint density at radius 3 is 2.70 bits per heavy atom. The quantitative estimate of drug-likeness (QED) is 0.680. The predicted molar refractivity (Wildman–Crippen MR) is 91.6 cm³/mol. The average Bonchev–Trinajstić information content (AvgIpc) is 2.83. The molecular weight excluding hydrogens is 330 g/mol. The number of rotatable bonds is 3. The normalized spacial score (nSPS) is 12.8. The second kappa shape index (κ2) is 5.68. The van der Waals surface area contributed by atoms with Crippen LogP contribution >= 0.6 is 27.3 Å². The molecule has 1 nitrogen and oxygen atoms in total. The second-order valence-corrected chi connectivity index (χ2v) is 6.80. The lowest BCUT2D eigenvalue weighted by atomic mass is 9.97. The molecule has 1 aromatic heterocycles. The van der Waals surface area contributed by atoms with Gasteiger partial charge in [-0.05, 0) is 59.6 Å². The molecule has 0 aliphatic carbocycles. The van der Waals surface area contributed by atoms with Crippen molar-refractivity contribution in [3.05, 3.63) is 69.0 Å². The van der Waals surface area contributed by atoms with Crippen LogP contribution in [0.5, 0.6) is 0 Å². The number of fused-ring (bicyclic) bond motifs is 1. The topological polar surface area (TPSA) is 12.0 Å². The Bertz CT molecular complexity index is 727. The van der Waals surface area contributed by atoms with E-state index in [4.69, 9.17) is 0 Å². The van der Waals surface area contributed by atoms with Crippen LogP contribution in [0.4, 0.5) is 0 Å². The molecule has 3 heteroatoms. The van der Waals surface area contributed by atoms with Gasteiger partial charge in [-0.25, -0.2) is 0 Å². The van der Waals surface area contributed by atoms with E-state index in [0.29, 0.717) is 0 Å². The summed E-state index contributed by atoms with van der Waals surface area (Å²) in [5.74, 6) is 0. The van der Waals surface area contributed by atoms with Crippen LogP contribution in [0.2, 0.25) is 0 Å².